The lowest BCUT2D eigenvalue weighted by Crippen LogP contribution is -2.25. The lowest BCUT2D eigenvalue weighted by Gasteiger charge is -2.20. The molecular weight excluding hydrogens is 373 g/mol. The topological polar surface area (TPSA) is 74.0 Å². The van der Waals surface area contributed by atoms with E-state index in [2.05, 4.69) is 15.5 Å². The number of nitrogens with zero attached hydrogens (tertiary/aromatic N) is 4. The zero-order valence-corrected chi connectivity index (χ0v) is 16.6. The number of carbonyl (C=O) groups excluding carboxylic acids is 1. The highest BCUT2D eigenvalue weighted by atomic mass is 19.1. The molecule has 2 aliphatic rings. The van der Waals surface area contributed by atoms with Crippen LogP contribution < -0.4 is 10.1 Å². The third-order valence-electron chi connectivity index (χ3n) is 5.92. The number of hydrogen-bond acceptors (Lipinski definition) is 4. The van der Waals surface area contributed by atoms with E-state index in [9.17, 15) is 9.18 Å². The second-order valence-electron chi connectivity index (χ2n) is 8.27. The molecule has 0 bridgehead atoms. The maximum atomic E-state index is 14.7. The maximum Gasteiger partial charge on any atom is 0.222 e. The summed E-state index contributed by atoms with van der Waals surface area (Å²) in [4.78, 5) is 11.6. The van der Waals surface area contributed by atoms with Gasteiger partial charge < -0.3 is 10.1 Å². The van der Waals surface area contributed by atoms with Gasteiger partial charge in [0.1, 0.15) is 11.9 Å². The van der Waals surface area contributed by atoms with Crippen LogP contribution in [0.25, 0.3) is 22.0 Å². The van der Waals surface area contributed by atoms with Gasteiger partial charge in [-0.1, -0.05) is 0 Å². The molecule has 1 N–H and O–H groups in total. The Morgan fingerprint density at radius 1 is 1.34 bits per heavy atom. The Kier molecular flexibility index (Phi) is 4.29. The van der Waals surface area contributed by atoms with Gasteiger partial charge in [-0.3, -0.25) is 9.48 Å². The predicted octanol–water partition coefficient (Wildman–Crippen LogP) is 2.89. The Hall–Kier alpha value is -2.90. The summed E-state index contributed by atoms with van der Waals surface area (Å²) in [6, 6.07) is 3.72. The second-order valence-corrected chi connectivity index (χ2v) is 8.27. The van der Waals surface area contributed by atoms with E-state index in [1.807, 2.05) is 36.1 Å². The lowest BCUT2D eigenvalue weighted by atomic mass is 10.0. The van der Waals surface area contributed by atoms with E-state index in [1.165, 1.54) is 17.5 Å². The largest absolute Gasteiger partial charge is 0.489 e. The molecule has 1 aliphatic heterocycles. The highest BCUT2D eigenvalue weighted by Gasteiger charge is 2.29. The molecule has 7 nitrogen and oxygen atoms in total. The van der Waals surface area contributed by atoms with Gasteiger partial charge in [0.05, 0.1) is 17.1 Å². The van der Waals surface area contributed by atoms with E-state index in [0.717, 1.165) is 23.6 Å². The third kappa shape index (κ3) is 3.47. The van der Waals surface area contributed by atoms with Crippen molar-refractivity contribution in [2.24, 2.45) is 18.9 Å². The fourth-order valence-electron chi connectivity index (χ4n) is 3.95. The molecule has 3 aromatic rings. The van der Waals surface area contributed by atoms with Gasteiger partial charge in [0.2, 0.25) is 11.9 Å². The number of carbonyl (C=O) groups is 1. The number of fused-ring (bicyclic) bond motifs is 1. The van der Waals surface area contributed by atoms with E-state index in [-0.39, 0.29) is 17.9 Å². The first-order chi connectivity index (χ1) is 14.0. The molecule has 0 spiro atoms. The van der Waals surface area contributed by atoms with Gasteiger partial charge >= 0.3 is 0 Å². The normalized spacial score (nSPS) is 20.2. The van der Waals surface area contributed by atoms with Gasteiger partial charge in [-0.15, -0.1) is 0 Å². The van der Waals surface area contributed by atoms with Crippen molar-refractivity contribution in [3.63, 3.8) is 0 Å². The first kappa shape index (κ1) is 18.1. The summed E-state index contributed by atoms with van der Waals surface area (Å²) in [5.74, 6) is 0.837. The number of nitrogens with one attached hydrogen (secondary N) is 1. The van der Waals surface area contributed by atoms with Crippen LogP contribution in [0, 0.1) is 17.8 Å². The molecule has 0 radical (unpaired) electrons. The molecule has 1 aliphatic carbocycles. The van der Waals surface area contributed by atoms with Crippen molar-refractivity contribution in [2.45, 2.75) is 38.8 Å². The smallest absolute Gasteiger partial charge is 0.222 e. The van der Waals surface area contributed by atoms with E-state index in [0.29, 0.717) is 29.6 Å². The fourth-order valence-corrected chi connectivity index (χ4v) is 3.95. The predicted molar refractivity (Wildman–Crippen MR) is 106 cm³/mol. The number of halogens is 1. The van der Waals surface area contributed by atoms with Crippen molar-refractivity contribution in [3.05, 3.63) is 30.5 Å². The molecule has 1 amide bonds. The Bertz CT molecular complexity index is 1080. The van der Waals surface area contributed by atoms with Crippen molar-refractivity contribution < 1.29 is 13.9 Å². The molecular formula is C21H24FN5O2. The van der Waals surface area contributed by atoms with Crippen LogP contribution >= 0.6 is 0 Å². The summed E-state index contributed by atoms with van der Waals surface area (Å²) < 4.78 is 24.1. The first-order valence-corrected chi connectivity index (χ1v) is 10.1. The Morgan fingerprint density at radius 2 is 2.17 bits per heavy atom. The molecule has 1 unspecified atom stereocenters. The van der Waals surface area contributed by atoms with Crippen molar-refractivity contribution in [3.8, 4) is 16.9 Å². The van der Waals surface area contributed by atoms with Gasteiger partial charge in [0, 0.05) is 44.2 Å². The third-order valence-corrected chi connectivity index (χ3v) is 5.92. The number of rotatable bonds is 6. The van der Waals surface area contributed by atoms with E-state index in [4.69, 9.17) is 4.74 Å². The first-order valence-electron chi connectivity index (χ1n) is 10.1. The monoisotopic (exact) mass is 397 g/mol. The zero-order valence-electron chi connectivity index (χ0n) is 16.6. The maximum absolute atomic E-state index is 14.7. The average molecular weight is 397 g/mol. The molecule has 2 aromatic heterocycles. The molecule has 1 saturated heterocycles. The van der Waals surface area contributed by atoms with Crippen molar-refractivity contribution in [2.75, 3.05) is 6.54 Å². The van der Waals surface area contributed by atoms with Crippen LogP contribution in [0.2, 0.25) is 0 Å². The number of aromatic nitrogens is 4. The average Bonchev–Trinajstić information content (AvgIpc) is 3.07. The van der Waals surface area contributed by atoms with Crippen LogP contribution in [0.15, 0.2) is 24.5 Å². The molecule has 3 heterocycles. The fraction of sp³-hybridized carbons (Fsp3) is 0.476. The molecule has 152 valence electrons. The van der Waals surface area contributed by atoms with Gasteiger partial charge in [-0.2, -0.15) is 14.6 Å². The van der Waals surface area contributed by atoms with Crippen LogP contribution in [0.3, 0.4) is 0 Å². The second kappa shape index (κ2) is 6.86. The minimum atomic E-state index is -0.432. The standard InChI is InChI=1S/C21H24FN5O2/c1-12(15-7-19(28)23-8-15)29-18-6-14(5-17-20(18)21(22)26(2)25-17)16-9-24-27(11-16)10-13-3-4-13/h5-6,9,11-13,15H,3-4,7-8,10H2,1-2H3,(H,23,28)/t12?,15-/m1/s1. The molecule has 1 saturated carbocycles. The van der Waals surface area contributed by atoms with Crippen LogP contribution in [0.1, 0.15) is 26.2 Å². The summed E-state index contributed by atoms with van der Waals surface area (Å²) in [6.45, 7) is 3.43. The van der Waals surface area contributed by atoms with E-state index < -0.39 is 5.95 Å². The highest BCUT2D eigenvalue weighted by Crippen LogP contribution is 2.36. The van der Waals surface area contributed by atoms with Crippen LogP contribution in [0.4, 0.5) is 4.39 Å². The van der Waals surface area contributed by atoms with Crippen LogP contribution in [-0.2, 0) is 18.4 Å². The van der Waals surface area contributed by atoms with Gasteiger partial charge in [0.25, 0.3) is 0 Å². The van der Waals surface area contributed by atoms with E-state index in [1.54, 1.807) is 7.05 Å². The molecule has 2 fully saturated rings. The molecule has 29 heavy (non-hydrogen) atoms. The molecule has 8 heteroatoms. The van der Waals surface area contributed by atoms with Gasteiger partial charge in [-0.25, -0.2) is 4.68 Å². The Labute approximate surface area is 167 Å². The SMILES string of the molecule is CC(Oc1cc(-c2cnn(CC3CC3)c2)cc2nn(C)c(F)c12)[C@H]1CNC(=O)C1. The summed E-state index contributed by atoms with van der Waals surface area (Å²) in [5, 5.41) is 12.0. The van der Waals surface area contributed by atoms with Crippen LogP contribution in [0.5, 0.6) is 5.75 Å². The summed E-state index contributed by atoms with van der Waals surface area (Å²) in [5.41, 5.74) is 2.38. The summed E-state index contributed by atoms with van der Waals surface area (Å²) in [6.07, 6.45) is 6.57. The number of ether oxygens (including phenoxy) is 1. The summed E-state index contributed by atoms with van der Waals surface area (Å²) in [7, 11) is 1.58. The molecule has 5 rings (SSSR count). The van der Waals surface area contributed by atoms with Gasteiger partial charge in [0.15, 0.2) is 0 Å². The minimum absolute atomic E-state index is 0.0278. The van der Waals surface area contributed by atoms with Crippen molar-refractivity contribution in [1.82, 2.24) is 24.9 Å². The minimum Gasteiger partial charge on any atom is -0.489 e. The highest BCUT2D eigenvalue weighted by molar-refractivity contribution is 5.90. The van der Waals surface area contributed by atoms with Crippen LogP contribution in [-0.4, -0.2) is 38.1 Å². The quantitative estimate of drug-likeness (QED) is 0.694. The van der Waals surface area contributed by atoms with Crippen molar-refractivity contribution in [1.29, 1.82) is 0 Å². The number of benzene rings is 1. The zero-order chi connectivity index (χ0) is 20.1. The Balaban J connectivity index is 1.50. The lowest BCUT2D eigenvalue weighted by molar-refractivity contribution is -0.119. The Morgan fingerprint density at radius 3 is 2.90 bits per heavy atom. The number of amides is 1. The molecule has 2 atom stereocenters. The number of aryl methyl sites for hydroxylation is 1. The molecule has 1 aromatic carbocycles. The van der Waals surface area contributed by atoms with Gasteiger partial charge in [-0.05, 0) is 43.4 Å². The summed E-state index contributed by atoms with van der Waals surface area (Å²) >= 11 is 0. The number of hydrogen-bond donors (Lipinski definition) is 1. The van der Waals surface area contributed by atoms with E-state index >= 15 is 0 Å². The van der Waals surface area contributed by atoms with Crippen molar-refractivity contribution >= 4 is 16.8 Å².